The lowest BCUT2D eigenvalue weighted by Gasteiger charge is -2.25. The van der Waals surface area contributed by atoms with E-state index in [0.29, 0.717) is 24.5 Å². The zero-order chi connectivity index (χ0) is 14.8. The molecular weight excluding hydrogens is 269 g/mol. The number of anilines is 1. The van der Waals surface area contributed by atoms with Crippen molar-refractivity contribution in [1.82, 2.24) is 9.88 Å². The van der Waals surface area contributed by atoms with Crippen molar-refractivity contribution in [2.45, 2.75) is 19.1 Å². The van der Waals surface area contributed by atoms with E-state index < -0.39 is 11.9 Å². The predicted molar refractivity (Wildman–Crippen MR) is 71.5 cm³/mol. The smallest absolute Gasteiger partial charge is 0.355 e. The molecule has 0 amide bonds. The first-order valence-electron chi connectivity index (χ1n) is 6.62. The first-order valence-corrected chi connectivity index (χ1v) is 6.62. The van der Waals surface area contributed by atoms with E-state index in [2.05, 4.69) is 9.88 Å². The van der Waals surface area contributed by atoms with Gasteiger partial charge in [0.05, 0.1) is 0 Å². The maximum absolute atomic E-state index is 12.8. The summed E-state index contributed by atoms with van der Waals surface area (Å²) < 4.78 is 38.4. The van der Waals surface area contributed by atoms with Crippen LogP contribution in [0.4, 0.5) is 19.0 Å². The maximum atomic E-state index is 12.8. The van der Waals surface area contributed by atoms with Gasteiger partial charge in [0.2, 0.25) is 0 Å². The van der Waals surface area contributed by atoms with Crippen LogP contribution in [0.15, 0.2) is 12.1 Å². The van der Waals surface area contributed by atoms with Crippen molar-refractivity contribution in [1.29, 1.82) is 0 Å². The number of aromatic nitrogens is 1. The summed E-state index contributed by atoms with van der Waals surface area (Å²) in [6.07, 6.45) is -3.52. The fraction of sp³-hybridized carbons (Fsp3) is 0.615. The van der Waals surface area contributed by atoms with Gasteiger partial charge >= 0.3 is 6.18 Å². The number of nitrogens with zero attached hydrogens (tertiary/aromatic N) is 3. The quantitative estimate of drug-likeness (QED) is 0.900. The highest BCUT2D eigenvalue weighted by Gasteiger charge is 2.33. The molecule has 0 spiro atoms. The average molecular weight is 288 g/mol. The molecule has 0 saturated carbocycles. The van der Waals surface area contributed by atoms with E-state index in [9.17, 15) is 13.2 Å². The van der Waals surface area contributed by atoms with Crippen LogP contribution in [0.25, 0.3) is 0 Å². The van der Waals surface area contributed by atoms with Crippen LogP contribution < -0.4 is 10.6 Å². The second kappa shape index (κ2) is 5.97. The molecule has 0 unspecified atom stereocenters. The van der Waals surface area contributed by atoms with Crippen molar-refractivity contribution in [2.24, 2.45) is 5.73 Å². The minimum Gasteiger partial charge on any atom is -0.355 e. The Kier molecular flexibility index (Phi) is 4.49. The maximum Gasteiger partial charge on any atom is 0.433 e. The standard InChI is InChI=1S/C13H19F3N4/c1-19-5-2-6-20(8-7-19)12-10(9-17)3-4-11(18-12)13(14,15)16/h3-4H,2,5-9,17H2,1H3. The number of hydrogen-bond donors (Lipinski definition) is 1. The Labute approximate surface area is 116 Å². The summed E-state index contributed by atoms with van der Waals surface area (Å²) in [5.41, 5.74) is 5.42. The lowest BCUT2D eigenvalue weighted by Crippen LogP contribution is -2.31. The fourth-order valence-electron chi connectivity index (χ4n) is 2.33. The third kappa shape index (κ3) is 3.40. The van der Waals surface area contributed by atoms with Crippen molar-refractivity contribution in [3.8, 4) is 0 Å². The molecule has 0 bridgehead atoms. The molecule has 2 rings (SSSR count). The first-order chi connectivity index (χ1) is 9.41. The number of rotatable bonds is 2. The molecule has 1 aromatic heterocycles. The number of likely N-dealkylation sites (N-methyl/N-ethyl adjacent to an activating group) is 1. The van der Waals surface area contributed by atoms with Gasteiger partial charge in [0.25, 0.3) is 0 Å². The second-order valence-corrected chi connectivity index (χ2v) is 5.02. The largest absolute Gasteiger partial charge is 0.433 e. The molecule has 0 radical (unpaired) electrons. The van der Waals surface area contributed by atoms with Gasteiger partial charge in [-0.2, -0.15) is 13.2 Å². The van der Waals surface area contributed by atoms with Crippen LogP contribution in [0, 0.1) is 0 Å². The molecule has 4 nitrogen and oxygen atoms in total. The Morgan fingerprint density at radius 3 is 2.60 bits per heavy atom. The average Bonchev–Trinajstić information content (AvgIpc) is 2.61. The summed E-state index contributed by atoms with van der Waals surface area (Å²) in [6.45, 7) is 3.30. The van der Waals surface area contributed by atoms with E-state index in [1.807, 2.05) is 11.9 Å². The van der Waals surface area contributed by atoms with Gasteiger partial charge in [0, 0.05) is 31.7 Å². The summed E-state index contributed by atoms with van der Waals surface area (Å²) in [4.78, 5) is 7.87. The second-order valence-electron chi connectivity index (χ2n) is 5.02. The molecule has 2 heterocycles. The van der Waals surface area contributed by atoms with E-state index in [0.717, 1.165) is 25.6 Å². The molecule has 1 aliphatic rings. The van der Waals surface area contributed by atoms with E-state index in [1.165, 1.54) is 6.07 Å². The van der Waals surface area contributed by atoms with Crippen LogP contribution >= 0.6 is 0 Å². The zero-order valence-corrected chi connectivity index (χ0v) is 11.5. The minimum absolute atomic E-state index is 0.187. The monoisotopic (exact) mass is 288 g/mol. The Hall–Kier alpha value is -1.34. The summed E-state index contributed by atoms with van der Waals surface area (Å²) >= 11 is 0. The van der Waals surface area contributed by atoms with Crippen LogP contribution in [0.1, 0.15) is 17.7 Å². The molecule has 0 aromatic carbocycles. The first kappa shape index (κ1) is 15.1. The van der Waals surface area contributed by atoms with Gasteiger partial charge in [-0.3, -0.25) is 0 Å². The molecule has 1 saturated heterocycles. The highest BCUT2D eigenvalue weighted by atomic mass is 19.4. The Morgan fingerprint density at radius 1 is 1.20 bits per heavy atom. The molecule has 1 aromatic rings. The predicted octanol–water partition coefficient (Wildman–Crippen LogP) is 1.70. The molecule has 2 N–H and O–H groups in total. The molecule has 0 atom stereocenters. The van der Waals surface area contributed by atoms with Crippen molar-refractivity contribution in [3.63, 3.8) is 0 Å². The number of hydrogen-bond acceptors (Lipinski definition) is 4. The number of halogens is 3. The number of nitrogens with two attached hydrogens (primary N) is 1. The van der Waals surface area contributed by atoms with Gasteiger partial charge in [0.1, 0.15) is 11.5 Å². The summed E-state index contributed by atoms with van der Waals surface area (Å²) in [6, 6.07) is 2.43. The molecule has 0 aliphatic carbocycles. The molecule has 1 fully saturated rings. The highest BCUT2D eigenvalue weighted by molar-refractivity contribution is 5.48. The molecule has 20 heavy (non-hydrogen) atoms. The Bertz CT molecular complexity index is 461. The fourth-order valence-corrected chi connectivity index (χ4v) is 2.33. The molecule has 1 aliphatic heterocycles. The van der Waals surface area contributed by atoms with Crippen LogP contribution in [-0.4, -0.2) is 43.1 Å². The van der Waals surface area contributed by atoms with Gasteiger partial charge in [-0.15, -0.1) is 0 Å². The van der Waals surface area contributed by atoms with Crippen molar-refractivity contribution in [2.75, 3.05) is 38.1 Å². The molecule has 112 valence electrons. The lowest BCUT2D eigenvalue weighted by atomic mass is 10.2. The molecular formula is C13H19F3N4. The summed E-state index contributed by atoms with van der Waals surface area (Å²) in [5, 5.41) is 0. The number of alkyl halides is 3. The number of pyridine rings is 1. The SMILES string of the molecule is CN1CCCN(c2nc(C(F)(F)F)ccc2CN)CC1. The Balaban J connectivity index is 2.32. The van der Waals surface area contributed by atoms with Crippen LogP contribution in [0.5, 0.6) is 0 Å². The minimum atomic E-state index is -4.43. The highest BCUT2D eigenvalue weighted by Crippen LogP contribution is 2.30. The van der Waals surface area contributed by atoms with Crippen LogP contribution in [0.3, 0.4) is 0 Å². The van der Waals surface area contributed by atoms with Gasteiger partial charge in [-0.25, -0.2) is 4.98 Å². The van der Waals surface area contributed by atoms with Crippen molar-refractivity contribution >= 4 is 5.82 Å². The van der Waals surface area contributed by atoms with Crippen LogP contribution in [0.2, 0.25) is 0 Å². The van der Waals surface area contributed by atoms with Crippen molar-refractivity contribution in [3.05, 3.63) is 23.4 Å². The summed E-state index contributed by atoms with van der Waals surface area (Å²) in [7, 11) is 2.01. The topological polar surface area (TPSA) is 45.4 Å². The van der Waals surface area contributed by atoms with Crippen LogP contribution in [-0.2, 0) is 12.7 Å². The third-order valence-electron chi connectivity index (χ3n) is 3.49. The van der Waals surface area contributed by atoms with E-state index in [1.54, 1.807) is 0 Å². The lowest BCUT2D eigenvalue weighted by molar-refractivity contribution is -0.141. The normalized spacial score (nSPS) is 18.1. The Morgan fingerprint density at radius 2 is 1.95 bits per heavy atom. The van der Waals surface area contributed by atoms with E-state index in [-0.39, 0.29) is 6.54 Å². The van der Waals surface area contributed by atoms with E-state index >= 15 is 0 Å². The van der Waals surface area contributed by atoms with Crippen molar-refractivity contribution < 1.29 is 13.2 Å². The van der Waals surface area contributed by atoms with Gasteiger partial charge < -0.3 is 15.5 Å². The van der Waals surface area contributed by atoms with Gasteiger partial charge in [-0.05, 0) is 26.1 Å². The molecule has 7 heteroatoms. The van der Waals surface area contributed by atoms with E-state index in [4.69, 9.17) is 5.73 Å². The zero-order valence-electron chi connectivity index (χ0n) is 11.5. The summed E-state index contributed by atoms with van der Waals surface area (Å²) in [5.74, 6) is 0.373. The van der Waals surface area contributed by atoms with Gasteiger partial charge in [-0.1, -0.05) is 6.07 Å². The van der Waals surface area contributed by atoms with Gasteiger partial charge in [0.15, 0.2) is 0 Å². The third-order valence-corrected chi connectivity index (χ3v) is 3.49.